The number of rotatable bonds is 3. The molecule has 1 aliphatic heterocycles. The minimum Gasteiger partial charge on any atom is -0.475 e. The lowest BCUT2D eigenvalue weighted by Crippen LogP contribution is -2.38. The van der Waals surface area contributed by atoms with Crippen molar-refractivity contribution in [2.24, 2.45) is 0 Å². The van der Waals surface area contributed by atoms with E-state index in [4.69, 9.17) is 14.3 Å². The van der Waals surface area contributed by atoms with E-state index in [0.29, 0.717) is 5.69 Å². The molecule has 0 fully saturated rings. The Balaban J connectivity index is 2.10. The van der Waals surface area contributed by atoms with Crippen molar-refractivity contribution in [1.82, 2.24) is 4.98 Å². The van der Waals surface area contributed by atoms with Gasteiger partial charge in [0.25, 0.3) is 10.0 Å². The molecular weight excluding hydrogens is 312 g/mol. The molecule has 1 aliphatic rings. The molecule has 1 N–H and O–H groups in total. The van der Waals surface area contributed by atoms with Gasteiger partial charge in [0.05, 0.1) is 6.54 Å². The largest absolute Gasteiger partial charge is 0.475 e. The zero-order valence-electron chi connectivity index (χ0n) is 11.5. The van der Waals surface area contributed by atoms with Crippen LogP contribution in [0, 0.1) is 6.92 Å². The van der Waals surface area contributed by atoms with Gasteiger partial charge < -0.3 is 14.3 Å². The first-order chi connectivity index (χ1) is 10.4. The van der Waals surface area contributed by atoms with Gasteiger partial charge >= 0.3 is 5.97 Å². The molecule has 0 saturated carbocycles. The molecule has 0 aliphatic carbocycles. The maximum absolute atomic E-state index is 12.8. The fourth-order valence-electron chi connectivity index (χ4n) is 2.22. The number of sulfonamides is 1. The van der Waals surface area contributed by atoms with Crippen molar-refractivity contribution >= 4 is 21.7 Å². The Labute approximate surface area is 126 Å². The summed E-state index contributed by atoms with van der Waals surface area (Å²) in [6, 6.07) is 4.19. The van der Waals surface area contributed by atoms with Crippen molar-refractivity contribution < 1.29 is 27.5 Å². The standard InChI is InChI=1S/C13H12N2O6S/c1-8-11(7-10(21-8)13(16)17)22(18,19)15-5-6-20-12-9(15)3-2-4-14-12/h2-4,7H,5-6H2,1H3,(H,16,17). The number of pyridine rings is 1. The highest BCUT2D eigenvalue weighted by atomic mass is 32.2. The third-order valence-corrected chi connectivity index (χ3v) is 5.12. The number of hydrogen-bond acceptors (Lipinski definition) is 6. The Bertz CT molecular complexity index is 842. The van der Waals surface area contributed by atoms with Gasteiger partial charge in [-0.05, 0) is 19.1 Å². The smallest absolute Gasteiger partial charge is 0.371 e. The van der Waals surface area contributed by atoms with E-state index in [0.717, 1.165) is 10.4 Å². The number of aromatic nitrogens is 1. The summed E-state index contributed by atoms with van der Waals surface area (Å²) in [5.41, 5.74) is 0.311. The van der Waals surface area contributed by atoms with Crippen molar-refractivity contribution in [1.29, 1.82) is 0 Å². The first kappa shape index (κ1) is 14.4. The van der Waals surface area contributed by atoms with Gasteiger partial charge in [0.2, 0.25) is 11.6 Å². The van der Waals surface area contributed by atoms with E-state index < -0.39 is 21.8 Å². The first-order valence-electron chi connectivity index (χ1n) is 6.35. The Morgan fingerprint density at radius 3 is 2.91 bits per heavy atom. The Hall–Kier alpha value is -2.55. The van der Waals surface area contributed by atoms with Crippen LogP contribution in [0.3, 0.4) is 0 Å². The molecule has 9 heteroatoms. The molecule has 8 nitrogen and oxygen atoms in total. The van der Waals surface area contributed by atoms with Crippen molar-refractivity contribution in [3.8, 4) is 5.88 Å². The van der Waals surface area contributed by atoms with Gasteiger partial charge in [-0.2, -0.15) is 0 Å². The number of nitrogens with zero attached hydrogens (tertiary/aromatic N) is 2. The topological polar surface area (TPSA) is 110 Å². The second-order valence-corrected chi connectivity index (χ2v) is 6.42. The molecule has 0 bridgehead atoms. The van der Waals surface area contributed by atoms with Crippen LogP contribution >= 0.6 is 0 Å². The number of hydrogen-bond donors (Lipinski definition) is 1. The molecule has 0 radical (unpaired) electrons. The zero-order valence-corrected chi connectivity index (χ0v) is 12.3. The van der Waals surface area contributed by atoms with Crippen LogP contribution in [0.1, 0.15) is 16.3 Å². The van der Waals surface area contributed by atoms with Crippen LogP contribution in [-0.2, 0) is 10.0 Å². The number of carboxylic acids is 1. The lowest BCUT2D eigenvalue weighted by atomic mass is 10.3. The molecule has 3 heterocycles. The summed E-state index contributed by atoms with van der Waals surface area (Å²) in [7, 11) is -3.96. The summed E-state index contributed by atoms with van der Waals surface area (Å²) >= 11 is 0. The summed E-state index contributed by atoms with van der Waals surface area (Å²) in [5.74, 6) is -1.50. The van der Waals surface area contributed by atoms with Crippen LogP contribution in [0.15, 0.2) is 33.7 Å². The normalized spacial score (nSPS) is 14.3. The van der Waals surface area contributed by atoms with Crippen LogP contribution in [0.4, 0.5) is 5.69 Å². The molecule has 0 aromatic carbocycles. The van der Waals surface area contributed by atoms with Crippen LogP contribution < -0.4 is 9.04 Å². The second-order valence-electron chi connectivity index (χ2n) is 4.59. The SMILES string of the molecule is Cc1oc(C(=O)O)cc1S(=O)(=O)N1CCOc2ncccc21. The van der Waals surface area contributed by atoms with Crippen molar-refractivity contribution in [2.75, 3.05) is 17.5 Å². The molecule has 116 valence electrons. The molecule has 0 saturated heterocycles. The number of aromatic carboxylic acids is 1. The lowest BCUT2D eigenvalue weighted by molar-refractivity contribution is 0.0661. The number of anilines is 1. The number of fused-ring (bicyclic) bond motifs is 1. The monoisotopic (exact) mass is 324 g/mol. The summed E-state index contributed by atoms with van der Waals surface area (Å²) in [4.78, 5) is 14.7. The lowest BCUT2D eigenvalue weighted by Gasteiger charge is -2.29. The van der Waals surface area contributed by atoms with Crippen molar-refractivity contribution in [2.45, 2.75) is 11.8 Å². The average molecular weight is 324 g/mol. The molecule has 0 atom stereocenters. The third kappa shape index (κ3) is 2.19. The van der Waals surface area contributed by atoms with Gasteiger partial charge in [-0.25, -0.2) is 18.2 Å². The number of carboxylic acid groups (broad SMARTS) is 1. The maximum atomic E-state index is 12.8. The molecule has 0 unspecified atom stereocenters. The number of ether oxygens (including phenoxy) is 1. The summed E-state index contributed by atoms with van der Waals surface area (Å²) < 4.78 is 37.0. The molecular formula is C13H12N2O6S. The van der Waals surface area contributed by atoms with Gasteiger partial charge in [0.1, 0.15) is 22.9 Å². The Morgan fingerprint density at radius 2 is 2.23 bits per heavy atom. The summed E-state index contributed by atoms with van der Waals surface area (Å²) in [5, 5.41) is 8.92. The molecule has 0 amide bonds. The van der Waals surface area contributed by atoms with Crippen molar-refractivity contribution in [3.05, 3.63) is 35.9 Å². The van der Waals surface area contributed by atoms with Crippen LogP contribution in [0.5, 0.6) is 5.88 Å². The number of furan rings is 1. The fourth-order valence-corrected chi connectivity index (χ4v) is 3.84. The van der Waals surface area contributed by atoms with E-state index >= 15 is 0 Å². The highest BCUT2D eigenvalue weighted by molar-refractivity contribution is 7.92. The van der Waals surface area contributed by atoms with Crippen LogP contribution in [0.2, 0.25) is 0 Å². The van der Waals surface area contributed by atoms with Gasteiger partial charge in [-0.1, -0.05) is 0 Å². The van der Waals surface area contributed by atoms with E-state index in [9.17, 15) is 13.2 Å². The Morgan fingerprint density at radius 1 is 1.45 bits per heavy atom. The van der Waals surface area contributed by atoms with Crippen LogP contribution in [-0.4, -0.2) is 37.6 Å². The van der Waals surface area contributed by atoms with Crippen molar-refractivity contribution in [3.63, 3.8) is 0 Å². The second kappa shape index (κ2) is 5.02. The summed E-state index contributed by atoms with van der Waals surface area (Å²) in [6.45, 7) is 1.67. The van der Waals surface area contributed by atoms with E-state index in [1.165, 1.54) is 13.1 Å². The molecule has 22 heavy (non-hydrogen) atoms. The fraction of sp³-hybridized carbons (Fsp3) is 0.231. The average Bonchev–Trinajstić information content (AvgIpc) is 2.89. The highest BCUT2D eigenvalue weighted by Crippen LogP contribution is 2.34. The van der Waals surface area contributed by atoms with E-state index in [1.54, 1.807) is 12.1 Å². The van der Waals surface area contributed by atoms with Gasteiger partial charge in [-0.15, -0.1) is 0 Å². The highest BCUT2D eigenvalue weighted by Gasteiger charge is 2.34. The number of aryl methyl sites for hydroxylation is 1. The zero-order chi connectivity index (χ0) is 15.9. The Kier molecular flexibility index (Phi) is 3.28. The molecule has 2 aromatic heterocycles. The molecule has 0 spiro atoms. The summed E-state index contributed by atoms with van der Waals surface area (Å²) in [6.07, 6.45) is 1.50. The quantitative estimate of drug-likeness (QED) is 0.905. The van der Waals surface area contributed by atoms with Gasteiger partial charge in [-0.3, -0.25) is 4.31 Å². The van der Waals surface area contributed by atoms with Gasteiger partial charge in [0, 0.05) is 12.3 Å². The van der Waals surface area contributed by atoms with Gasteiger partial charge in [0.15, 0.2) is 0 Å². The number of carbonyl (C=O) groups is 1. The van der Waals surface area contributed by atoms with Crippen LogP contribution in [0.25, 0.3) is 0 Å². The van der Waals surface area contributed by atoms with E-state index in [-0.39, 0.29) is 29.7 Å². The first-order valence-corrected chi connectivity index (χ1v) is 7.79. The molecule has 3 rings (SSSR count). The maximum Gasteiger partial charge on any atom is 0.371 e. The molecule has 2 aromatic rings. The predicted molar refractivity (Wildman–Crippen MR) is 74.7 cm³/mol. The minimum atomic E-state index is -3.96. The van der Waals surface area contributed by atoms with E-state index in [1.807, 2.05) is 0 Å². The van der Waals surface area contributed by atoms with E-state index in [2.05, 4.69) is 4.98 Å². The minimum absolute atomic E-state index is 0.0225. The predicted octanol–water partition coefficient (Wildman–Crippen LogP) is 1.27. The third-order valence-electron chi connectivity index (χ3n) is 3.20.